The van der Waals surface area contributed by atoms with Gasteiger partial charge < -0.3 is 9.64 Å². The van der Waals surface area contributed by atoms with Gasteiger partial charge in [-0.15, -0.1) is 5.10 Å². The summed E-state index contributed by atoms with van der Waals surface area (Å²) in [5.74, 6) is -0.341. The Morgan fingerprint density at radius 1 is 1.16 bits per heavy atom. The smallest absolute Gasteiger partial charge is 0.255 e. The van der Waals surface area contributed by atoms with Crippen LogP contribution in [0.15, 0.2) is 48.7 Å². The van der Waals surface area contributed by atoms with E-state index in [1.807, 2.05) is 12.1 Å². The lowest BCUT2D eigenvalue weighted by Crippen LogP contribution is -2.52. The first-order chi connectivity index (χ1) is 15.5. The van der Waals surface area contributed by atoms with Gasteiger partial charge in [-0.1, -0.05) is 28.9 Å². The minimum Gasteiger partial charge on any atom is -0.487 e. The van der Waals surface area contributed by atoms with Crippen molar-refractivity contribution in [3.8, 4) is 11.4 Å². The number of hydrogen-bond acceptors (Lipinski definition) is 6. The zero-order valence-corrected chi connectivity index (χ0v) is 17.6. The van der Waals surface area contributed by atoms with Gasteiger partial charge in [0, 0.05) is 23.6 Å². The molecular weight excluding hydrogens is 434 g/mol. The Hall–Kier alpha value is -3.72. The van der Waals surface area contributed by atoms with Gasteiger partial charge in [-0.05, 0) is 42.3 Å². The minimum absolute atomic E-state index is 0.216. The van der Waals surface area contributed by atoms with Crippen LogP contribution in [-0.4, -0.2) is 43.7 Å². The molecule has 0 radical (unpaired) electrons. The molecule has 3 heterocycles. The number of nitrogens with zero attached hydrogens (tertiary/aromatic N) is 4. The average Bonchev–Trinajstić information content (AvgIpc) is 3.37. The lowest BCUT2D eigenvalue weighted by molar-refractivity contribution is -0.136. The number of fused-ring (bicyclic) bond motifs is 1. The number of nitrogens with one attached hydrogen (secondary N) is 1. The number of imide groups is 1. The maximum Gasteiger partial charge on any atom is 0.255 e. The summed E-state index contributed by atoms with van der Waals surface area (Å²) in [5, 5.41) is 11.1. The molecule has 2 aliphatic rings. The van der Waals surface area contributed by atoms with Gasteiger partial charge in [0.05, 0.1) is 11.9 Å². The zero-order chi connectivity index (χ0) is 22.2. The van der Waals surface area contributed by atoms with E-state index in [4.69, 9.17) is 16.3 Å². The number of benzene rings is 2. The number of piperidine rings is 1. The number of halogens is 1. The van der Waals surface area contributed by atoms with Crippen molar-refractivity contribution in [3.63, 3.8) is 0 Å². The van der Waals surface area contributed by atoms with Crippen LogP contribution in [0.4, 0.5) is 0 Å². The molecule has 3 amide bonds. The van der Waals surface area contributed by atoms with Crippen molar-refractivity contribution in [2.75, 3.05) is 0 Å². The van der Waals surface area contributed by atoms with E-state index >= 15 is 0 Å². The van der Waals surface area contributed by atoms with Crippen LogP contribution in [0.2, 0.25) is 5.02 Å². The summed E-state index contributed by atoms with van der Waals surface area (Å²) in [6.07, 6.45) is 2.28. The van der Waals surface area contributed by atoms with Crippen molar-refractivity contribution in [3.05, 3.63) is 70.5 Å². The molecular formula is C22H18ClN5O4. The number of carbonyl (C=O) groups is 3. The first-order valence-corrected chi connectivity index (χ1v) is 10.4. The first-order valence-electron chi connectivity index (χ1n) is 10.1. The van der Waals surface area contributed by atoms with Gasteiger partial charge in [0.25, 0.3) is 5.91 Å². The van der Waals surface area contributed by atoms with E-state index < -0.39 is 11.9 Å². The summed E-state index contributed by atoms with van der Waals surface area (Å²) in [7, 11) is 0. The predicted molar refractivity (Wildman–Crippen MR) is 113 cm³/mol. The molecule has 3 aromatic rings. The molecule has 2 aromatic carbocycles. The second-order valence-electron chi connectivity index (χ2n) is 7.64. The summed E-state index contributed by atoms with van der Waals surface area (Å²) >= 11 is 5.96. The Balaban J connectivity index is 1.31. The lowest BCUT2D eigenvalue weighted by Gasteiger charge is -2.29. The second-order valence-corrected chi connectivity index (χ2v) is 8.08. The highest BCUT2D eigenvalue weighted by molar-refractivity contribution is 6.30. The van der Waals surface area contributed by atoms with E-state index in [0.717, 1.165) is 5.56 Å². The number of hydrogen-bond donors (Lipinski definition) is 1. The highest BCUT2D eigenvalue weighted by Gasteiger charge is 2.39. The molecule has 5 rings (SSSR count). The van der Waals surface area contributed by atoms with E-state index in [1.165, 1.54) is 4.90 Å². The van der Waals surface area contributed by atoms with E-state index in [-0.39, 0.29) is 24.8 Å². The molecule has 162 valence electrons. The zero-order valence-electron chi connectivity index (χ0n) is 16.8. The topological polar surface area (TPSA) is 106 Å². The van der Waals surface area contributed by atoms with Crippen molar-refractivity contribution < 1.29 is 19.1 Å². The van der Waals surface area contributed by atoms with Crippen molar-refractivity contribution in [1.29, 1.82) is 0 Å². The highest BCUT2D eigenvalue weighted by Crippen LogP contribution is 2.29. The number of rotatable bonds is 5. The molecule has 9 nitrogen and oxygen atoms in total. The van der Waals surface area contributed by atoms with Crippen LogP contribution in [0.1, 0.15) is 34.5 Å². The molecule has 32 heavy (non-hydrogen) atoms. The Bertz CT molecular complexity index is 1240. The molecule has 10 heteroatoms. The van der Waals surface area contributed by atoms with Crippen molar-refractivity contribution >= 4 is 29.3 Å². The van der Waals surface area contributed by atoms with Crippen LogP contribution in [0, 0.1) is 0 Å². The van der Waals surface area contributed by atoms with Crippen LogP contribution < -0.4 is 10.1 Å². The monoisotopic (exact) mass is 451 g/mol. The molecule has 2 aliphatic heterocycles. The summed E-state index contributed by atoms with van der Waals surface area (Å²) < 4.78 is 7.26. The van der Waals surface area contributed by atoms with E-state index in [9.17, 15) is 14.4 Å². The van der Waals surface area contributed by atoms with Crippen molar-refractivity contribution in [2.24, 2.45) is 0 Å². The van der Waals surface area contributed by atoms with Crippen molar-refractivity contribution in [1.82, 2.24) is 25.2 Å². The third-order valence-corrected chi connectivity index (χ3v) is 5.74. The van der Waals surface area contributed by atoms with Crippen LogP contribution in [0.25, 0.3) is 5.69 Å². The SMILES string of the molecule is O=C1CCC(N2Cc3ccc(-n4cc(COc5cccc(Cl)c5)nn4)cc3C2=O)C(=O)N1. The van der Waals surface area contributed by atoms with Crippen molar-refractivity contribution in [2.45, 2.75) is 32.0 Å². The summed E-state index contributed by atoms with van der Waals surface area (Å²) in [5.41, 5.74) is 2.62. The average molecular weight is 452 g/mol. The molecule has 1 aromatic heterocycles. The fourth-order valence-electron chi connectivity index (χ4n) is 3.89. The van der Waals surface area contributed by atoms with Crippen LogP contribution in [0.3, 0.4) is 0 Å². The summed E-state index contributed by atoms with van der Waals surface area (Å²) in [4.78, 5) is 38.1. The molecule has 1 saturated heterocycles. The fourth-order valence-corrected chi connectivity index (χ4v) is 4.07. The van der Waals surface area contributed by atoms with Gasteiger partial charge >= 0.3 is 0 Å². The normalized spacial score (nSPS) is 18.0. The fraction of sp³-hybridized carbons (Fsp3) is 0.227. The maximum atomic E-state index is 13.0. The third-order valence-electron chi connectivity index (χ3n) is 5.50. The summed E-state index contributed by atoms with van der Waals surface area (Å²) in [6.45, 7) is 0.546. The van der Waals surface area contributed by atoms with E-state index in [1.54, 1.807) is 41.2 Å². The lowest BCUT2D eigenvalue weighted by atomic mass is 10.0. The van der Waals surface area contributed by atoms with Gasteiger partial charge in [0.1, 0.15) is 24.1 Å². The number of amides is 3. The van der Waals surface area contributed by atoms with Gasteiger partial charge in [0.15, 0.2) is 0 Å². The van der Waals surface area contributed by atoms with Crippen LogP contribution in [0.5, 0.6) is 5.75 Å². The molecule has 0 saturated carbocycles. The minimum atomic E-state index is -0.641. The Morgan fingerprint density at radius 3 is 2.84 bits per heavy atom. The standard InChI is InChI=1S/C22H18ClN5O4/c23-14-2-1-3-17(8-14)32-12-15-11-28(26-25-15)16-5-4-13-10-27(22(31)18(13)9-16)19-6-7-20(29)24-21(19)30/h1-5,8-9,11,19H,6-7,10,12H2,(H,24,29,30). The van der Waals surface area contributed by atoms with Gasteiger partial charge in [0.2, 0.25) is 11.8 Å². The predicted octanol–water partition coefficient (Wildman–Crippen LogP) is 2.26. The molecule has 1 N–H and O–H groups in total. The van der Waals surface area contributed by atoms with Crippen LogP contribution >= 0.6 is 11.6 Å². The Morgan fingerprint density at radius 2 is 2.03 bits per heavy atom. The third kappa shape index (κ3) is 3.82. The molecule has 1 unspecified atom stereocenters. The maximum absolute atomic E-state index is 13.0. The molecule has 1 fully saturated rings. The summed E-state index contributed by atoms with van der Waals surface area (Å²) in [6, 6.07) is 11.9. The second kappa shape index (κ2) is 8.08. The quantitative estimate of drug-likeness (QED) is 0.596. The van der Waals surface area contributed by atoms with E-state index in [2.05, 4.69) is 15.6 Å². The molecule has 0 bridgehead atoms. The van der Waals surface area contributed by atoms with Gasteiger partial charge in [-0.25, -0.2) is 4.68 Å². The molecule has 0 spiro atoms. The number of ether oxygens (including phenoxy) is 1. The largest absolute Gasteiger partial charge is 0.487 e. The van der Waals surface area contributed by atoms with Gasteiger partial charge in [-0.2, -0.15) is 0 Å². The van der Waals surface area contributed by atoms with Crippen LogP contribution in [-0.2, 0) is 22.7 Å². The highest BCUT2D eigenvalue weighted by atomic mass is 35.5. The number of aromatic nitrogens is 3. The van der Waals surface area contributed by atoms with Gasteiger partial charge in [-0.3, -0.25) is 19.7 Å². The first kappa shape index (κ1) is 20.2. The Labute approximate surface area is 187 Å². The molecule has 1 atom stereocenters. The Kier molecular flexibility index (Phi) is 5.10. The molecule has 0 aliphatic carbocycles. The number of carbonyl (C=O) groups excluding carboxylic acids is 3. The van der Waals surface area contributed by atoms with E-state index in [0.29, 0.717) is 40.7 Å².